The van der Waals surface area contributed by atoms with Crippen molar-refractivity contribution in [1.82, 2.24) is 14.5 Å². The van der Waals surface area contributed by atoms with Gasteiger partial charge in [-0.15, -0.1) is 11.3 Å². The molecule has 0 amide bonds. The van der Waals surface area contributed by atoms with Crippen LogP contribution in [0.5, 0.6) is 0 Å². The number of fused-ring (bicyclic) bond motifs is 3. The molecular formula is C17H14N3S. The highest BCUT2D eigenvalue weighted by Gasteiger charge is 2.15. The largest absolute Gasteiger partial charge is 0.333 e. The Morgan fingerprint density at radius 3 is 2.90 bits per heavy atom. The first-order valence-electron chi connectivity index (χ1n) is 6.98. The summed E-state index contributed by atoms with van der Waals surface area (Å²) in [4.78, 5) is 8.90. The van der Waals surface area contributed by atoms with Crippen molar-refractivity contribution in [3.63, 3.8) is 0 Å². The van der Waals surface area contributed by atoms with Crippen molar-refractivity contribution in [3.8, 4) is 11.1 Å². The molecule has 0 N–H and O–H groups in total. The standard InChI is InChI=1S/C17H14N3S/c1-3-11-6-4-5-7-12(11)13-8-14-15(19-10-21-14)16-17(13)20(2)9-18-16/h4-9H,3H2,1-2H3. The van der Waals surface area contributed by atoms with Gasteiger partial charge in [0.2, 0.25) is 0 Å². The van der Waals surface area contributed by atoms with Gasteiger partial charge in [0.15, 0.2) is 5.51 Å². The molecule has 0 bridgehead atoms. The van der Waals surface area contributed by atoms with Gasteiger partial charge in [-0.25, -0.2) is 9.97 Å². The Kier molecular flexibility index (Phi) is 2.79. The van der Waals surface area contributed by atoms with Crippen LogP contribution < -0.4 is 0 Å². The number of nitrogens with zero attached hydrogens (tertiary/aromatic N) is 3. The molecule has 1 radical (unpaired) electrons. The minimum absolute atomic E-state index is 0.952. The van der Waals surface area contributed by atoms with Crippen LogP contribution in [-0.4, -0.2) is 14.5 Å². The van der Waals surface area contributed by atoms with Crippen molar-refractivity contribution in [2.45, 2.75) is 13.3 Å². The molecule has 0 aliphatic heterocycles. The molecule has 0 aliphatic rings. The first-order chi connectivity index (χ1) is 10.3. The molecule has 2 aromatic heterocycles. The van der Waals surface area contributed by atoms with Crippen LogP contribution in [-0.2, 0) is 13.5 Å². The lowest BCUT2D eigenvalue weighted by molar-refractivity contribution is 0.948. The maximum absolute atomic E-state index is 4.55. The summed E-state index contributed by atoms with van der Waals surface area (Å²) >= 11 is 1.55. The van der Waals surface area contributed by atoms with Crippen molar-refractivity contribution in [3.05, 3.63) is 47.7 Å². The van der Waals surface area contributed by atoms with Crippen LogP contribution >= 0.6 is 11.3 Å². The number of hydrogen-bond acceptors (Lipinski definition) is 3. The maximum atomic E-state index is 4.55. The highest BCUT2D eigenvalue weighted by atomic mass is 32.1. The second-order valence-electron chi connectivity index (χ2n) is 5.14. The highest BCUT2D eigenvalue weighted by Crippen LogP contribution is 2.36. The van der Waals surface area contributed by atoms with E-state index in [2.05, 4.69) is 57.3 Å². The predicted molar refractivity (Wildman–Crippen MR) is 87.5 cm³/mol. The Balaban J connectivity index is 2.17. The average Bonchev–Trinajstić information content (AvgIpc) is 3.13. The van der Waals surface area contributed by atoms with Gasteiger partial charge >= 0.3 is 0 Å². The molecule has 103 valence electrons. The van der Waals surface area contributed by atoms with Gasteiger partial charge in [0.05, 0.1) is 16.5 Å². The molecular weight excluding hydrogens is 278 g/mol. The van der Waals surface area contributed by atoms with Crippen LogP contribution in [0.25, 0.3) is 32.4 Å². The molecule has 0 aliphatic carbocycles. The summed E-state index contributed by atoms with van der Waals surface area (Å²) in [6, 6.07) is 10.8. The van der Waals surface area contributed by atoms with E-state index in [1.54, 1.807) is 11.3 Å². The molecule has 0 fully saturated rings. The maximum Gasteiger partial charge on any atom is 0.153 e. The van der Waals surface area contributed by atoms with Crippen molar-refractivity contribution >= 4 is 32.6 Å². The average molecular weight is 292 g/mol. The number of hydrogen-bond donors (Lipinski definition) is 0. The third kappa shape index (κ3) is 1.79. The molecule has 0 unspecified atom stereocenters. The Bertz CT molecular complexity index is 949. The van der Waals surface area contributed by atoms with Crippen LogP contribution in [0.1, 0.15) is 12.5 Å². The number of thiazole rings is 1. The van der Waals surface area contributed by atoms with E-state index in [9.17, 15) is 0 Å². The molecule has 4 aromatic rings. The number of imidazole rings is 1. The molecule has 2 aromatic carbocycles. The lowest BCUT2D eigenvalue weighted by atomic mass is 9.97. The van der Waals surface area contributed by atoms with Crippen molar-refractivity contribution < 1.29 is 0 Å². The van der Waals surface area contributed by atoms with E-state index in [0.29, 0.717) is 0 Å². The number of aromatic nitrogens is 3. The first kappa shape index (κ1) is 12.5. The zero-order chi connectivity index (χ0) is 14.4. The van der Waals surface area contributed by atoms with Crippen LogP contribution in [0, 0.1) is 5.51 Å². The second-order valence-corrected chi connectivity index (χ2v) is 5.97. The number of aryl methyl sites for hydroxylation is 2. The van der Waals surface area contributed by atoms with E-state index >= 15 is 0 Å². The topological polar surface area (TPSA) is 30.7 Å². The summed E-state index contributed by atoms with van der Waals surface area (Å²) in [5.74, 6) is 0. The molecule has 0 saturated carbocycles. The van der Waals surface area contributed by atoms with Crippen LogP contribution in [0.4, 0.5) is 0 Å². The van der Waals surface area contributed by atoms with E-state index in [0.717, 1.165) is 27.7 Å². The fraction of sp³-hybridized carbons (Fsp3) is 0.176. The quantitative estimate of drug-likeness (QED) is 0.554. The molecule has 21 heavy (non-hydrogen) atoms. The van der Waals surface area contributed by atoms with E-state index < -0.39 is 0 Å². The molecule has 0 saturated heterocycles. The monoisotopic (exact) mass is 292 g/mol. The second kappa shape index (κ2) is 4.67. The molecule has 0 atom stereocenters. The third-order valence-corrected chi connectivity index (χ3v) is 4.64. The van der Waals surface area contributed by atoms with Crippen molar-refractivity contribution in [2.24, 2.45) is 7.05 Å². The Hall–Kier alpha value is -2.20. The van der Waals surface area contributed by atoms with Crippen LogP contribution in [0.15, 0.2) is 36.7 Å². The van der Waals surface area contributed by atoms with Gasteiger partial charge in [0, 0.05) is 12.6 Å². The fourth-order valence-electron chi connectivity index (χ4n) is 2.91. The minimum atomic E-state index is 0.952. The zero-order valence-electron chi connectivity index (χ0n) is 11.9. The number of benzene rings is 2. The van der Waals surface area contributed by atoms with E-state index in [-0.39, 0.29) is 0 Å². The number of rotatable bonds is 2. The van der Waals surface area contributed by atoms with Gasteiger partial charge < -0.3 is 4.57 Å². The molecule has 2 heterocycles. The smallest absolute Gasteiger partial charge is 0.153 e. The summed E-state index contributed by atoms with van der Waals surface area (Å²) in [7, 11) is 2.04. The fourth-order valence-corrected chi connectivity index (χ4v) is 3.56. The normalized spacial score (nSPS) is 11.5. The minimum Gasteiger partial charge on any atom is -0.333 e. The first-order valence-corrected chi connectivity index (χ1v) is 7.80. The van der Waals surface area contributed by atoms with E-state index in [1.165, 1.54) is 16.7 Å². The van der Waals surface area contributed by atoms with Gasteiger partial charge in [-0.3, -0.25) is 0 Å². The van der Waals surface area contributed by atoms with Crippen molar-refractivity contribution in [1.29, 1.82) is 0 Å². The van der Waals surface area contributed by atoms with Crippen molar-refractivity contribution in [2.75, 3.05) is 0 Å². The summed E-state index contributed by atoms with van der Waals surface area (Å²) in [6.07, 6.45) is 2.88. The molecule has 4 heteroatoms. The summed E-state index contributed by atoms with van der Waals surface area (Å²) in [5, 5.41) is 0. The Morgan fingerprint density at radius 1 is 1.19 bits per heavy atom. The van der Waals surface area contributed by atoms with E-state index in [1.807, 2.05) is 13.4 Å². The van der Waals surface area contributed by atoms with Gasteiger partial charge in [-0.2, -0.15) is 0 Å². The lowest BCUT2D eigenvalue weighted by Crippen LogP contribution is -1.92. The Morgan fingerprint density at radius 2 is 2.05 bits per heavy atom. The summed E-state index contributed by atoms with van der Waals surface area (Å²) < 4.78 is 3.22. The van der Waals surface area contributed by atoms with Gasteiger partial charge in [-0.05, 0) is 23.6 Å². The van der Waals surface area contributed by atoms with Gasteiger partial charge in [0.1, 0.15) is 11.0 Å². The van der Waals surface area contributed by atoms with E-state index in [4.69, 9.17) is 0 Å². The third-order valence-electron chi connectivity index (χ3n) is 3.93. The van der Waals surface area contributed by atoms with Gasteiger partial charge in [-0.1, -0.05) is 31.2 Å². The SMILES string of the molecule is CCc1ccccc1-c1cc2s[c]nc2c2ncn(C)c12. The lowest BCUT2D eigenvalue weighted by Gasteiger charge is -2.10. The molecule has 0 spiro atoms. The van der Waals surface area contributed by atoms with Crippen LogP contribution in [0.3, 0.4) is 0 Å². The Labute approximate surface area is 126 Å². The van der Waals surface area contributed by atoms with Gasteiger partial charge in [0.25, 0.3) is 0 Å². The molecule has 4 rings (SSSR count). The highest BCUT2D eigenvalue weighted by molar-refractivity contribution is 7.16. The zero-order valence-corrected chi connectivity index (χ0v) is 12.7. The summed E-state index contributed by atoms with van der Waals surface area (Å²) in [5.41, 5.74) is 9.91. The molecule has 3 nitrogen and oxygen atoms in total. The van der Waals surface area contributed by atoms with Crippen LogP contribution in [0.2, 0.25) is 0 Å². The summed E-state index contributed by atoms with van der Waals surface area (Å²) in [6.45, 7) is 2.19. The predicted octanol–water partition coefficient (Wildman–Crippen LogP) is 4.21.